The zero-order chi connectivity index (χ0) is 12.4. The molecule has 2 rings (SSSR count). The topological polar surface area (TPSA) is 41.1 Å². The maximum atomic E-state index is 12.4. The van der Waals surface area contributed by atoms with Crippen molar-refractivity contribution < 1.29 is 4.79 Å². The second kappa shape index (κ2) is 4.97. The van der Waals surface area contributed by atoms with E-state index in [-0.39, 0.29) is 11.0 Å². The Bertz CT molecular complexity index is 276. The van der Waals surface area contributed by atoms with E-state index in [9.17, 15) is 4.79 Å². The molecule has 1 amide bonds. The standard InChI is InChI=1S/C14H26N2O/c1-3-14(8-4-5-9-14)12(17)15-11-13(2)7-6-10-16-13/h16H,3-11H2,1-2H3,(H,15,17). The van der Waals surface area contributed by atoms with Crippen molar-refractivity contribution in [2.24, 2.45) is 5.41 Å². The highest BCUT2D eigenvalue weighted by atomic mass is 16.2. The molecular weight excluding hydrogens is 212 g/mol. The first-order valence-corrected chi connectivity index (χ1v) is 7.14. The number of carbonyl (C=O) groups is 1. The molecule has 2 N–H and O–H groups in total. The summed E-state index contributed by atoms with van der Waals surface area (Å²) in [5.41, 5.74) is 0.0815. The van der Waals surface area contributed by atoms with Gasteiger partial charge in [0.2, 0.25) is 5.91 Å². The summed E-state index contributed by atoms with van der Waals surface area (Å²) in [6, 6.07) is 0. The Balaban J connectivity index is 1.88. The molecule has 3 heteroatoms. The maximum Gasteiger partial charge on any atom is 0.226 e. The van der Waals surface area contributed by atoms with Crippen LogP contribution in [0, 0.1) is 5.41 Å². The van der Waals surface area contributed by atoms with Crippen LogP contribution in [0.25, 0.3) is 0 Å². The summed E-state index contributed by atoms with van der Waals surface area (Å²) in [4.78, 5) is 12.4. The van der Waals surface area contributed by atoms with Gasteiger partial charge in [0.1, 0.15) is 0 Å². The Morgan fingerprint density at radius 1 is 1.24 bits per heavy atom. The van der Waals surface area contributed by atoms with Crippen LogP contribution in [-0.4, -0.2) is 24.5 Å². The number of hydrogen-bond acceptors (Lipinski definition) is 2. The van der Waals surface area contributed by atoms with E-state index in [0.717, 1.165) is 32.4 Å². The van der Waals surface area contributed by atoms with Crippen molar-refractivity contribution in [2.75, 3.05) is 13.1 Å². The van der Waals surface area contributed by atoms with Gasteiger partial charge in [0.25, 0.3) is 0 Å². The van der Waals surface area contributed by atoms with Gasteiger partial charge in [-0.2, -0.15) is 0 Å². The SMILES string of the molecule is CCC1(C(=O)NCC2(C)CCCN2)CCCC1. The molecule has 1 saturated carbocycles. The Hall–Kier alpha value is -0.570. The van der Waals surface area contributed by atoms with Gasteiger partial charge in [0.05, 0.1) is 0 Å². The molecule has 2 fully saturated rings. The number of hydrogen-bond donors (Lipinski definition) is 2. The van der Waals surface area contributed by atoms with Crippen LogP contribution in [-0.2, 0) is 4.79 Å². The normalized spacial score (nSPS) is 31.6. The molecule has 17 heavy (non-hydrogen) atoms. The number of nitrogens with one attached hydrogen (secondary N) is 2. The van der Waals surface area contributed by atoms with Gasteiger partial charge < -0.3 is 10.6 Å². The average molecular weight is 238 g/mol. The first kappa shape index (κ1) is 12.9. The van der Waals surface area contributed by atoms with Crippen LogP contribution in [0.3, 0.4) is 0 Å². The Labute approximate surface area is 105 Å². The molecule has 3 nitrogen and oxygen atoms in total. The third-order valence-electron chi connectivity index (χ3n) is 4.82. The molecular formula is C14H26N2O. The van der Waals surface area contributed by atoms with Crippen molar-refractivity contribution in [3.05, 3.63) is 0 Å². The van der Waals surface area contributed by atoms with E-state index in [4.69, 9.17) is 0 Å². The Morgan fingerprint density at radius 3 is 2.47 bits per heavy atom. The van der Waals surface area contributed by atoms with Crippen LogP contribution in [0.5, 0.6) is 0 Å². The van der Waals surface area contributed by atoms with Crippen LogP contribution >= 0.6 is 0 Å². The fourth-order valence-electron chi connectivity index (χ4n) is 3.36. The van der Waals surface area contributed by atoms with Crippen molar-refractivity contribution in [3.8, 4) is 0 Å². The fraction of sp³-hybridized carbons (Fsp3) is 0.929. The van der Waals surface area contributed by atoms with Crippen molar-refractivity contribution in [1.29, 1.82) is 0 Å². The highest BCUT2D eigenvalue weighted by Gasteiger charge is 2.40. The molecule has 0 spiro atoms. The fourth-order valence-corrected chi connectivity index (χ4v) is 3.36. The van der Waals surface area contributed by atoms with Gasteiger partial charge in [-0.25, -0.2) is 0 Å². The molecule has 98 valence electrons. The zero-order valence-corrected chi connectivity index (χ0v) is 11.3. The average Bonchev–Trinajstić information content (AvgIpc) is 2.96. The summed E-state index contributed by atoms with van der Waals surface area (Å²) in [5, 5.41) is 6.69. The lowest BCUT2D eigenvalue weighted by Gasteiger charge is -2.30. The van der Waals surface area contributed by atoms with Crippen LogP contribution in [0.1, 0.15) is 58.8 Å². The Kier molecular flexibility index (Phi) is 3.76. The zero-order valence-electron chi connectivity index (χ0n) is 11.3. The van der Waals surface area contributed by atoms with Crippen LogP contribution in [0.15, 0.2) is 0 Å². The van der Waals surface area contributed by atoms with E-state index < -0.39 is 0 Å². The van der Waals surface area contributed by atoms with Crippen molar-refractivity contribution >= 4 is 5.91 Å². The molecule has 1 heterocycles. The third-order valence-corrected chi connectivity index (χ3v) is 4.82. The highest BCUT2D eigenvalue weighted by molar-refractivity contribution is 5.82. The summed E-state index contributed by atoms with van der Waals surface area (Å²) in [7, 11) is 0. The van der Waals surface area contributed by atoms with Gasteiger partial charge in [0, 0.05) is 17.5 Å². The first-order valence-electron chi connectivity index (χ1n) is 7.14. The van der Waals surface area contributed by atoms with Crippen LogP contribution in [0.2, 0.25) is 0 Å². The molecule has 1 aliphatic heterocycles. The smallest absolute Gasteiger partial charge is 0.226 e. The molecule has 0 aromatic rings. The lowest BCUT2D eigenvalue weighted by atomic mass is 9.82. The quantitative estimate of drug-likeness (QED) is 0.788. The number of rotatable bonds is 4. The van der Waals surface area contributed by atoms with Gasteiger partial charge in [-0.1, -0.05) is 19.8 Å². The van der Waals surface area contributed by atoms with Crippen LogP contribution in [0.4, 0.5) is 0 Å². The number of carbonyl (C=O) groups excluding carboxylic acids is 1. The first-order chi connectivity index (χ1) is 8.10. The number of amides is 1. The van der Waals surface area contributed by atoms with Crippen molar-refractivity contribution in [2.45, 2.75) is 64.3 Å². The lowest BCUT2D eigenvalue weighted by molar-refractivity contribution is -0.131. The molecule has 0 bridgehead atoms. The van der Waals surface area contributed by atoms with Crippen molar-refractivity contribution in [3.63, 3.8) is 0 Å². The van der Waals surface area contributed by atoms with E-state index >= 15 is 0 Å². The Morgan fingerprint density at radius 2 is 1.94 bits per heavy atom. The third kappa shape index (κ3) is 2.65. The summed E-state index contributed by atoms with van der Waals surface area (Å²) < 4.78 is 0. The van der Waals surface area contributed by atoms with Gasteiger partial charge in [-0.15, -0.1) is 0 Å². The summed E-state index contributed by atoms with van der Waals surface area (Å²) in [6.07, 6.45) is 7.99. The molecule has 0 aromatic heterocycles. The predicted octanol–water partition coefficient (Wildman–Crippen LogP) is 2.22. The minimum Gasteiger partial charge on any atom is -0.354 e. The van der Waals surface area contributed by atoms with E-state index in [1.165, 1.54) is 25.7 Å². The highest BCUT2D eigenvalue weighted by Crippen LogP contribution is 2.41. The van der Waals surface area contributed by atoms with Gasteiger partial charge in [0.15, 0.2) is 0 Å². The van der Waals surface area contributed by atoms with Crippen LogP contribution < -0.4 is 10.6 Å². The molecule has 0 aromatic carbocycles. The van der Waals surface area contributed by atoms with E-state index in [2.05, 4.69) is 24.5 Å². The van der Waals surface area contributed by atoms with Crippen molar-refractivity contribution in [1.82, 2.24) is 10.6 Å². The summed E-state index contributed by atoms with van der Waals surface area (Å²) in [6.45, 7) is 6.24. The second-order valence-corrected chi connectivity index (χ2v) is 6.11. The molecule has 1 saturated heterocycles. The van der Waals surface area contributed by atoms with E-state index in [0.29, 0.717) is 5.91 Å². The molecule has 0 radical (unpaired) electrons. The van der Waals surface area contributed by atoms with E-state index in [1.807, 2.05) is 0 Å². The summed E-state index contributed by atoms with van der Waals surface area (Å²) >= 11 is 0. The largest absolute Gasteiger partial charge is 0.354 e. The van der Waals surface area contributed by atoms with E-state index in [1.54, 1.807) is 0 Å². The monoisotopic (exact) mass is 238 g/mol. The molecule has 2 aliphatic rings. The molecule has 1 aliphatic carbocycles. The minimum atomic E-state index is -0.0467. The second-order valence-electron chi connectivity index (χ2n) is 6.11. The van der Waals surface area contributed by atoms with Gasteiger partial charge in [-0.05, 0) is 45.6 Å². The summed E-state index contributed by atoms with van der Waals surface area (Å²) in [5.74, 6) is 0.299. The van der Waals surface area contributed by atoms with Gasteiger partial charge in [-0.3, -0.25) is 4.79 Å². The molecule has 1 unspecified atom stereocenters. The predicted molar refractivity (Wildman–Crippen MR) is 69.8 cm³/mol. The molecule has 1 atom stereocenters. The minimum absolute atomic E-state index is 0.0467. The lowest BCUT2D eigenvalue weighted by Crippen LogP contribution is -2.50. The van der Waals surface area contributed by atoms with Gasteiger partial charge >= 0.3 is 0 Å². The maximum absolute atomic E-state index is 12.4.